The number of nitrogens with one attached hydrogen (secondary N) is 2. The first-order chi connectivity index (χ1) is 19.1. The summed E-state index contributed by atoms with van der Waals surface area (Å²) >= 11 is 13.4. The molecule has 0 aliphatic rings. The van der Waals surface area contributed by atoms with Gasteiger partial charge < -0.3 is 4.74 Å². The van der Waals surface area contributed by atoms with Crippen molar-refractivity contribution in [2.75, 3.05) is 0 Å². The Labute approximate surface area is 247 Å². The molecule has 0 unspecified atom stereocenters. The molecule has 4 rings (SSSR count). The van der Waals surface area contributed by atoms with Crippen LogP contribution in [0.5, 0.6) is 0 Å². The zero-order valence-electron chi connectivity index (χ0n) is 22.0. The van der Waals surface area contributed by atoms with Crippen LogP contribution in [0.1, 0.15) is 26.3 Å². The number of amides is 1. The van der Waals surface area contributed by atoms with Crippen LogP contribution in [0.25, 0.3) is 22.4 Å². The first-order valence-electron chi connectivity index (χ1n) is 12.3. The van der Waals surface area contributed by atoms with Crippen molar-refractivity contribution in [1.82, 2.24) is 15.0 Å². The number of pyridine rings is 1. The van der Waals surface area contributed by atoms with Crippen molar-refractivity contribution in [3.63, 3.8) is 0 Å². The monoisotopic (exact) mass is 596 g/mol. The summed E-state index contributed by atoms with van der Waals surface area (Å²) in [5.41, 5.74) is 3.64. The van der Waals surface area contributed by atoms with Crippen molar-refractivity contribution < 1.29 is 13.9 Å². The average molecular weight is 598 g/mol. The second kappa shape index (κ2) is 13.2. The molecule has 2 N–H and O–H groups in total. The molecular weight excluding hydrogens is 570 g/mol. The number of hydrogen-bond donors (Lipinski definition) is 2. The largest absolute Gasteiger partial charge is 0.444 e. The number of alkyl carbamates (subject to hydrolysis) is 1. The number of guanidine groups is 1. The summed E-state index contributed by atoms with van der Waals surface area (Å²) in [5.74, 6) is -0.158. The number of aliphatic imine (C=N–C) groups is 1. The van der Waals surface area contributed by atoms with Gasteiger partial charge in [0, 0.05) is 32.3 Å². The van der Waals surface area contributed by atoms with E-state index in [1.165, 1.54) is 24.1 Å². The van der Waals surface area contributed by atoms with E-state index >= 15 is 0 Å². The smallest absolute Gasteiger partial charge is 0.414 e. The Kier molecular flexibility index (Phi) is 9.68. The van der Waals surface area contributed by atoms with Crippen molar-refractivity contribution >= 4 is 47.2 Å². The van der Waals surface area contributed by atoms with E-state index in [0.29, 0.717) is 10.0 Å². The third-order valence-electron chi connectivity index (χ3n) is 5.34. The molecule has 3 aromatic carbocycles. The molecule has 0 bridgehead atoms. The molecule has 1 aromatic heterocycles. The Morgan fingerprint density at radius 2 is 1.55 bits per heavy atom. The first-order valence-corrected chi connectivity index (χ1v) is 13.9. The molecular formula is C30H27Cl2FN4O2S. The van der Waals surface area contributed by atoms with Gasteiger partial charge in [-0.2, -0.15) is 0 Å². The highest BCUT2D eigenvalue weighted by molar-refractivity contribution is 7.98. The Bertz CT molecular complexity index is 1490. The van der Waals surface area contributed by atoms with Gasteiger partial charge in [0.15, 0.2) is 0 Å². The molecule has 0 saturated heterocycles. The van der Waals surface area contributed by atoms with Crippen LogP contribution in [0, 0.1) is 5.82 Å². The summed E-state index contributed by atoms with van der Waals surface area (Å²) in [6, 6.07) is 23.0. The van der Waals surface area contributed by atoms with Gasteiger partial charge >= 0.3 is 6.09 Å². The summed E-state index contributed by atoms with van der Waals surface area (Å²) in [6.07, 6.45) is 1.09. The Morgan fingerprint density at radius 1 is 0.950 bits per heavy atom. The van der Waals surface area contributed by atoms with E-state index in [1.54, 1.807) is 39.1 Å². The van der Waals surface area contributed by atoms with Crippen LogP contribution in [-0.2, 0) is 11.3 Å². The van der Waals surface area contributed by atoms with Crippen LogP contribution < -0.4 is 10.0 Å². The van der Waals surface area contributed by atoms with Crippen LogP contribution in [-0.4, -0.2) is 22.6 Å². The highest BCUT2D eigenvalue weighted by atomic mass is 35.5. The van der Waals surface area contributed by atoms with E-state index < -0.39 is 11.7 Å². The Morgan fingerprint density at radius 3 is 2.15 bits per heavy atom. The van der Waals surface area contributed by atoms with Crippen molar-refractivity contribution in [3.05, 3.63) is 106 Å². The van der Waals surface area contributed by atoms with Gasteiger partial charge in [-0.05, 0) is 98.4 Å². The number of halogens is 3. The number of benzene rings is 3. The predicted molar refractivity (Wildman–Crippen MR) is 161 cm³/mol. The number of hydrogen-bond acceptors (Lipinski definition) is 5. The van der Waals surface area contributed by atoms with Gasteiger partial charge in [0.2, 0.25) is 5.96 Å². The Hall–Kier alpha value is -3.59. The van der Waals surface area contributed by atoms with Crippen LogP contribution in [0.2, 0.25) is 10.0 Å². The normalized spacial score (nSPS) is 11.7. The van der Waals surface area contributed by atoms with E-state index in [9.17, 15) is 9.18 Å². The van der Waals surface area contributed by atoms with Gasteiger partial charge in [0.05, 0.1) is 12.2 Å². The summed E-state index contributed by atoms with van der Waals surface area (Å²) in [6.45, 7) is 5.53. The number of ether oxygens (including phenoxy) is 1. The van der Waals surface area contributed by atoms with Crippen molar-refractivity contribution in [3.8, 4) is 22.4 Å². The van der Waals surface area contributed by atoms with Gasteiger partial charge in [-0.3, -0.25) is 15.0 Å². The molecule has 206 valence electrons. The van der Waals surface area contributed by atoms with Gasteiger partial charge in [-0.1, -0.05) is 47.5 Å². The summed E-state index contributed by atoms with van der Waals surface area (Å²) in [5, 5.41) is 3.93. The highest BCUT2D eigenvalue weighted by Gasteiger charge is 2.18. The summed E-state index contributed by atoms with van der Waals surface area (Å²) in [4.78, 5) is 22.5. The number of carbonyl (C=O) groups excluding carboxylic acids is 1. The third-order valence-corrected chi connectivity index (χ3v) is 6.64. The summed E-state index contributed by atoms with van der Waals surface area (Å²) in [7, 11) is 0. The van der Waals surface area contributed by atoms with E-state index in [4.69, 9.17) is 32.9 Å². The Balaban J connectivity index is 1.63. The topological polar surface area (TPSA) is 75.6 Å². The fraction of sp³-hybridized carbons (Fsp3) is 0.167. The molecule has 0 aliphatic carbocycles. The van der Waals surface area contributed by atoms with Gasteiger partial charge in [-0.15, -0.1) is 0 Å². The molecule has 1 amide bonds. The zero-order valence-corrected chi connectivity index (χ0v) is 24.4. The van der Waals surface area contributed by atoms with Crippen molar-refractivity contribution in [1.29, 1.82) is 0 Å². The van der Waals surface area contributed by atoms with Gasteiger partial charge in [-0.25, -0.2) is 14.2 Å². The molecule has 0 saturated carbocycles. The van der Waals surface area contributed by atoms with Crippen molar-refractivity contribution in [2.24, 2.45) is 4.99 Å². The minimum absolute atomic E-state index is 0.179. The lowest BCUT2D eigenvalue weighted by atomic mass is 9.98. The maximum Gasteiger partial charge on any atom is 0.414 e. The lowest BCUT2D eigenvalue weighted by Crippen LogP contribution is -2.41. The fourth-order valence-electron chi connectivity index (χ4n) is 3.56. The fourth-order valence-corrected chi connectivity index (χ4v) is 4.41. The zero-order chi connectivity index (χ0) is 28.7. The molecule has 1 heterocycles. The second-order valence-corrected chi connectivity index (χ2v) is 11.5. The third kappa shape index (κ3) is 8.71. The SMILES string of the molecule is CC(C)(C)OC(=O)NC(=NCc1cnc(-c2ccc(Cl)cc2)c(-c2ccc(Cl)cc2)c1)NSc1ccc(F)cc1. The molecule has 0 fully saturated rings. The van der Waals surface area contributed by atoms with Gasteiger partial charge in [0.1, 0.15) is 11.4 Å². The number of nitrogens with zero attached hydrogens (tertiary/aromatic N) is 2. The summed E-state index contributed by atoms with van der Waals surface area (Å²) < 4.78 is 21.7. The number of carbonyl (C=O) groups is 1. The maximum atomic E-state index is 13.3. The first kappa shape index (κ1) is 29.4. The predicted octanol–water partition coefficient (Wildman–Crippen LogP) is 8.54. The lowest BCUT2D eigenvalue weighted by molar-refractivity contribution is 0.0562. The van der Waals surface area contributed by atoms with E-state index in [2.05, 4.69) is 15.0 Å². The van der Waals surface area contributed by atoms with Crippen molar-refractivity contribution in [2.45, 2.75) is 37.8 Å². The lowest BCUT2D eigenvalue weighted by Gasteiger charge is -2.20. The second-order valence-electron chi connectivity index (χ2n) is 9.70. The molecule has 40 heavy (non-hydrogen) atoms. The molecule has 4 aromatic rings. The molecule has 0 atom stereocenters. The van der Waals surface area contributed by atoms with E-state index in [1.807, 2.05) is 54.6 Å². The highest BCUT2D eigenvalue weighted by Crippen LogP contribution is 2.32. The van der Waals surface area contributed by atoms with Gasteiger partial charge in [0.25, 0.3) is 0 Å². The average Bonchev–Trinajstić information content (AvgIpc) is 2.91. The van der Waals surface area contributed by atoms with Crippen LogP contribution in [0.3, 0.4) is 0 Å². The maximum absolute atomic E-state index is 13.3. The number of rotatable bonds is 6. The van der Waals surface area contributed by atoms with E-state index in [-0.39, 0.29) is 18.3 Å². The van der Waals surface area contributed by atoms with Crippen LogP contribution >= 0.6 is 35.1 Å². The standard InChI is InChI=1S/C30H27Cl2FN4O2S/c1-30(2,3)39-29(38)36-28(37-40-25-14-12-24(33)13-15-25)35-18-19-16-26(20-4-8-22(31)9-5-20)27(34-17-19)21-6-10-23(32)11-7-21/h4-17H,18H2,1-3H3,(H2,35,36,37,38). The molecule has 6 nitrogen and oxygen atoms in total. The van der Waals surface area contributed by atoms with Crippen LogP contribution in [0.4, 0.5) is 9.18 Å². The molecule has 0 aliphatic heterocycles. The molecule has 0 radical (unpaired) electrons. The molecule has 10 heteroatoms. The minimum atomic E-state index is -0.686. The van der Waals surface area contributed by atoms with E-state index in [0.717, 1.165) is 32.8 Å². The quantitative estimate of drug-likeness (QED) is 0.132. The minimum Gasteiger partial charge on any atom is -0.444 e. The number of aromatic nitrogens is 1. The molecule has 0 spiro atoms. The van der Waals surface area contributed by atoms with Crippen LogP contribution in [0.15, 0.2) is 94.9 Å².